The summed E-state index contributed by atoms with van der Waals surface area (Å²) in [6.45, 7) is 9.28. The van der Waals surface area contributed by atoms with E-state index in [9.17, 15) is 0 Å². The number of rotatable bonds is 5. The predicted molar refractivity (Wildman–Crippen MR) is 73.0 cm³/mol. The number of ether oxygens (including phenoxy) is 2. The van der Waals surface area contributed by atoms with Crippen molar-refractivity contribution in [3.8, 4) is 11.5 Å². The average Bonchev–Trinajstić information content (AvgIpc) is 2.82. The van der Waals surface area contributed by atoms with Crippen molar-refractivity contribution < 1.29 is 9.47 Å². The van der Waals surface area contributed by atoms with Crippen LogP contribution in [0.25, 0.3) is 0 Å². The molecule has 1 N–H and O–H groups in total. The van der Waals surface area contributed by atoms with E-state index in [0.717, 1.165) is 17.9 Å². The Bertz CT molecular complexity index is 403. The number of hydrogen-bond donors (Lipinski definition) is 1. The number of benzene rings is 1. The molecular formula is C15H23NO2. The Hall–Kier alpha value is -1.22. The molecule has 1 aliphatic heterocycles. The Morgan fingerprint density at radius 3 is 2.56 bits per heavy atom. The maximum atomic E-state index is 5.42. The van der Waals surface area contributed by atoms with Crippen molar-refractivity contribution in [2.24, 2.45) is 5.92 Å². The number of hydrogen-bond acceptors (Lipinski definition) is 3. The van der Waals surface area contributed by atoms with E-state index in [2.05, 4.69) is 45.1 Å². The van der Waals surface area contributed by atoms with Crippen molar-refractivity contribution in [3.63, 3.8) is 0 Å². The summed E-state index contributed by atoms with van der Waals surface area (Å²) in [5, 5.41) is 3.68. The van der Waals surface area contributed by atoms with Crippen molar-refractivity contribution >= 4 is 0 Å². The minimum absolute atomic E-state index is 0.326. The van der Waals surface area contributed by atoms with Gasteiger partial charge in [-0.15, -0.1) is 0 Å². The fourth-order valence-corrected chi connectivity index (χ4v) is 2.38. The van der Waals surface area contributed by atoms with Crippen LogP contribution in [-0.4, -0.2) is 12.8 Å². The maximum Gasteiger partial charge on any atom is 0.231 e. The molecule has 2 unspecified atom stereocenters. The van der Waals surface area contributed by atoms with Gasteiger partial charge in [-0.1, -0.05) is 26.8 Å². The van der Waals surface area contributed by atoms with Crippen molar-refractivity contribution in [3.05, 3.63) is 23.8 Å². The van der Waals surface area contributed by atoms with Gasteiger partial charge < -0.3 is 14.8 Å². The highest BCUT2D eigenvalue weighted by atomic mass is 16.7. The summed E-state index contributed by atoms with van der Waals surface area (Å²) in [6, 6.07) is 7.05. The first-order chi connectivity index (χ1) is 8.61. The van der Waals surface area contributed by atoms with Gasteiger partial charge in [-0.3, -0.25) is 0 Å². The van der Waals surface area contributed by atoms with E-state index in [1.54, 1.807) is 0 Å². The Kier molecular flexibility index (Phi) is 4.12. The van der Waals surface area contributed by atoms with Crippen LogP contribution in [0.3, 0.4) is 0 Å². The summed E-state index contributed by atoms with van der Waals surface area (Å²) >= 11 is 0. The highest BCUT2D eigenvalue weighted by Crippen LogP contribution is 2.34. The Balaban J connectivity index is 2.06. The van der Waals surface area contributed by atoms with Crippen LogP contribution in [0.2, 0.25) is 0 Å². The molecule has 0 saturated heterocycles. The van der Waals surface area contributed by atoms with Crippen LogP contribution >= 0.6 is 0 Å². The molecule has 0 fully saturated rings. The molecule has 0 radical (unpaired) electrons. The second-order valence-corrected chi connectivity index (χ2v) is 5.26. The van der Waals surface area contributed by atoms with Crippen LogP contribution in [0.15, 0.2) is 18.2 Å². The molecule has 3 nitrogen and oxygen atoms in total. The van der Waals surface area contributed by atoms with E-state index in [1.807, 2.05) is 6.07 Å². The average molecular weight is 249 g/mol. The molecule has 0 bridgehead atoms. The van der Waals surface area contributed by atoms with Gasteiger partial charge in [0.2, 0.25) is 6.79 Å². The third kappa shape index (κ3) is 2.78. The van der Waals surface area contributed by atoms with Gasteiger partial charge in [0, 0.05) is 12.1 Å². The van der Waals surface area contributed by atoms with Gasteiger partial charge in [0.25, 0.3) is 0 Å². The van der Waals surface area contributed by atoms with E-state index < -0.39 is 0 Å². The Morgan fingerprint density at radius 2 is 1.89 bits per heavy atom. The fourth-order valence-electron chi connectivity index (χ4n) is 2.38. The molecule has 0 aliphatic carbocycles. The van der Waals surface area contributed by atoms with E-state index in [1.165, 1.54) is 5.56 Å². The summed E-state index contributed by atoms with van der Waals surface area (Å²) in [6.07, 6.45) is 1.15. The maximum absolute atomic E-state index is 5.42. The van der Waals surface area contributed by atoms with Gasteiger partial charge in [0.05, 0.1) is 0 Å². The normalized spacial score (nSPS) is 16.9. The lowest BCUT2D eigenvalue weighted by Gasteiger charge is -2.25. The number of nitrogens with one attached hydrogen (secondary N) is 1. The topological polar surface area (TPSA) is 30.5 Å². The minimum Gasteiger partial charge on any atom is -0.454 e. The Labute approximate surface area is 109 Å². The molecule has 100 valence electrons. The van der Waals surface area contributed by atoms with Crippen molar-refractivity contribution in [2.45, 2.75) is 46.2 Å². The van der Waals surface area contributed by atoms with Crippen LogP contribution in [0.1, 0.15) is 45.7 Å². The summed E-state index contributed by atoms with van der Waals surface area (Å²) in [4.78, 5) is 0. The summed E-state index contributed by atoms with van der Waals surface area (Å²) in [5.41, 5.74) is 1.25. The standard InChI is InChI=1S/C15H23NO2/c1-5-13(10(2)3)16-11(4)12-6-7-14-15(8-12)18-9-17-14/h6-8,10-11,13,16H,5,9H2,1-4H3. The van der Waals surface area contributed by atoms with E-state index in [-0.39, 0.29) is 0 Å². The zero-order chi connectivity index (χ0) is 13.1. The second-order valence-electron chi connectivity index (χ2n) is 5.26. The first-order valence-electron chi connectivity index (χ1n) is 6.77. The first kappa shape index (κ1) is 13.2. The van der Waals surface area contributed by atoms with Gasteiger partial charge in [-0.25, -0.2) is 0 Å². The SMILES string of the molecule is CCC(NC(C)c1ccc2c(c1)OCO2)C(C)C. The van der Waals surface area contributed by atoms with Gasteiger partial charge >= 0.3 is 0 Å². The second kappa shape index (κ2) is 5.61. The molecule has 0 aromatic heterocycles. The van der Waals surface area contributed by atoms with Crippen molar-refractivity contribution in [1.29, 1.82) is 0 Å². The quantitative estimate of drug-likeness (QED) is 0.866. The highest BCUT2D eigenvalue weighted by Gasteiger charge is 2.18. The first-order valence-corrected chi connectivity index (χ1v) is 6.77. The molecule has 1 aromatic carbocycles. The van der Waals surface area contributed by atoms with E-state index in [4.69, 9.17) is 9.47 Å². The molecular weight excluding hydrogens is 226 g/mol. The molecule has 1 heterocycles. The molecule has 2 atom stereocenters. The highest BCUT2D eigenvalue weighted by molar-refractivity contribution is 5.45. The minimum atomic E-state index is 0.326. The summed E-state index contributed by atoms with van der Waals surface area (Å²) in [7, 11) is 0. The molecule has 1 aliphatic rings. The van der Waals surface area contributed by atoms with Gasteiger partial charge in [-0.05, 0) is 37.0 Å². The largest absolute Gasteiger partial charge is 0.454 e. The third-order valence-corrected chi connectivity index (χ3v) is 3.61. The summed E-state index contributed by atoms with van der Waals surface area (Å²) < 4.78 is 10.7. The smallest absolute Gasteiger partial charge is 0.231 e. The lowest BCUT2D eigenvalue weighted by Crippen LogP contribution is -2.35. The zero-order valence-electron chi connectivity index (χ0n) is 11.7. The van der Waals surface area contributed by atoms with Crippen LogP contribution in [0.4, 0.5) is 0 Å². The van der Waals surface area contributed by atoms with Crippen LogP contribution < -0.4 is 14.8 Å². The Morgan fingerprint density at radius 1 is 1.17 bits per heavy atom. The zero-order valence-corrected chi connectivity index (χ0v) is 11.7. The molecule has 0 spiro atoms. The third-order valence-electron chi connectivity index (χ3n) is 3.61. The number of fused-ring (bicyclic) bond motifs is 1. The fraction of sp³-hybridized carbons (Fsp3) is 0.600. The molecule has 0 saturated carbocycles. The van der Waals surface area contributed by atoms with Gasteiger partial charge in [-0.2, -0.15) is 0 Å². The van der Waals surface area contributed by atoms with Crippen LogP contribution in [-0.2, 0) is 0 Å². The molecule has 18 heavy (non-hydrogen) atoms. The van der Waals surface area contributed by atoms with Crippen molar-refractivity contribution in [1.82, 2.24) is 5.32 Å². The van der Waals surface area contributed by atoms with Gasteiger partial charge in [0.1, 0.15) is 0 Å². The van der Waals surface area contributed by atoms with E-state index >= 15 is 0 Å². The summed E-state index contributed by atoms with van der Waals surface area (Å²) in [5.74, 6) is 2.35. The molecule has 1 aromatic rings. The monoisotopic (exact) mass is 249 g/mol. The molecule has 3 heteroatoms. The lowest BCUT2D eigenvalue weighted by atomic mass is 9.99. The van der Waals surface area contributed by atoms with Crippen LogP contribution in [0.5, 0.6) is 11.5 Å². The van der Waals surface area contributed by atoms with Crippen molar-refractivity contribution in [2.75, 3.05) is 6.79 Å². The molecule has 0 amide bonds. The van der Waals surface area contributed by atoms with Gasteiger partial charge in [0.15, 0.2) is 11.5 Å². The van der Waals surface area contributed by atoms with Crippen LogP contribution in [0, 0.1) is 5.92 Å². The van der Waals surface area contributed by atoms with E-state index in [0.29, 0.717) is 24.8 Å². The molecule has 2 rings (SSSR count). The predicted octanol–water partition coefficient (Wildman–Crippen LogP) is 3.50. The lowest BCUT2D eigenvalue weighted by molar-refractivity contribution is 0.174.